The molecule has 0 radical (unpaired) electrons. The molecule has 0 atom stereocenters. The number of carbonyl (C=O) groups is 1. The molecule has 1 amide bonds. The molecule has 1 fully saturated rings. The molecule has 0 spiro atoms. The Bertz CT molecular complexity index is 251. The van der Waals surface area contributed by atoms with E-state index in [0.717, 1.165) is 45.1 Å². The number of rotatable bonds is 6. The first kappa shape index (κ1) is 12.1. The molecule has 15 heavy (non-hydrogen) atoms. The van der Waals surface area contributed by atoms with Crippen molar-refractivity contribution in [1.82, 2.24) is 5.32 Å². The van der Waals surface area contributed by atoms with E-state index < -0.39 is 0 Å². The summed E-state index contributed by atoms with van der Waals surface area (Å²) in [4.78, 5) is 11.5. The Hall–Kier alpha value is -1.01. The summed E-state index contributed by atoms with van der Waals surface area (Å²) in [6, 6.07) is 0. The van der Waals surface area contributed by atoms with Crippen LogP contribution in [0.5, 0.6) is 0 Å². The van der Waals surface area contributed by atoms with Crippen molar-refractivity contribution in [1.29, 1.82) is 0 Å². The summed E-state index contributed by atoms with van der Waals surface area (Å²) >= 11 is 0. The number of hydrogen-bond acceptors (Lipinski definition) is 2. The molecule has 0 aromatic rings. The minimum atomic E-state index is -0.205. The lowest BCUT2D eigenvalue weighted by molar-refractivity contribution is -0.123. The van der Waals surface area contributed by atoms with Gasteiger partial charge in [0, 0.05) is 24.9 Å². The minimum absolute atomic E-state index is 0.0814. The molecular formula is C12H20N2O. The van der Waals surface area contributed by atoms with Gasteiger partial charge in [0.2, 0.25) is 5.91 Å². The fraction of sp³-hybridized carbons (Fsp3) is 0.750. The Labute approximate surface area is 91.8 Å². The summed E-state index contributed by atoms with van der Waals surface area (Å²) in [7, 11) is 0. The predicted molar refractivity (Wildman–Crippen MR) is 61.1 cm³/mol. The smallest absolute Gasteiger partial charge is 0.221 e. The third-order valence-electron chi connectivity index (χ3n) is 2.93. The van der Waals surface area contributed by atoms with Gasteiger partial charge < -0.3 is 11.1 Å². The number of nitrogens with two attached hydrogens (primary N) is 1. The first-order valence-corrected chi connectivity index (χ1v) is 5.65. The first-order chi connectivity index (χ1) is 7.16. The Morgan fingerprint density at radius 3 is 2.73 bits per heavy atom. The zero-order chi connectivity index (χ0) is 11.1. The van der Waals surface area contributed by atoms with Crippen molar-refractivity contribution in [3.05, 3.63) is 0 Å². The third kappa shape index (κ3) is 4.35. The van der Waals surface area contributed by atoms with Gasteiger partial charge in [-0.2, -0.15) is 0 Å². The predicted octanol–water partition coefficient (Wildman–Crippen LogP) is 1.18. The van der Waals surface area contributed by atoms with Crippen LogP contribution in [0.3, 0.4) is 0 Å². The van der Waals surface area contributed by atoms with Gasteiger partial charge in [-0.15, -0.1) is 12.3 Å². The molecule has 1 aliphatic carbocycles. The zero-order valence-corrected chi connectivity index (χ0v) is 9.22. The van der Waals surface area contributed by atoms with Crippen LogP contribution in [0, 0.1) is 12.3 Å². The summed E-state index contributed by atoms with van der Waals surface area (Å²) in [6.07, 6.45) is 11.4. The molecule has 1 rings (SSSR count). The van der Waals surface area contributed by atoms with Crippen molar-refractivity contribution < 1.29 is 4.79 Å². The summed E-state index contributed by atoms with van der Waals surface area (Å²) in [5, 5.41) is 2.88. The summed E-state index contributed by atoms with van der Waals surface area (Å²) in [6.45, 7) is 0.719. The molecule has 0 heterocycles. The van der Waals surface area contributed by atoms with E-state index in [-0.39, 0.29) is 11.4 Å². The Morgan fingerprint density at radius 2 is 2.20 bits per heavy atom. The second kappa shape index (κ2) is 5.77. The van der Waals surface area contributed by atoms with Gasteiger partial charge in [-0.25, -0.2) is 0 Å². The van der Waals surface area contributed by atoms with Gasteiger partial charge in [-0.3, -0.25) is 4.79 Å². The van der Waals surface area contributed by atoms with Crippen LogP contribution < -0.4 is 11.1 Å². The molecule has 3 N–H and O–H groups in total. The van der Waals surface area contributed by atoms with Crippen molar-refractivity contribution in [2.24, 2.45) is 5.73 Å². The monoisotopic (exact) mass is 208 g/mol. The maximum Gasteiger partial charge on any atom is 0.221 e. The van der Waals surface area contributed by atoms with Crippen LogP contribution in [0.25, 0.3) is 0 Å². The van der Waals surface area contributed by atoms with E-state index in [1.54, 1.807) is 0 Å². The van der Waals surface area contributed by atoms with Crippen LogP contribution >= 0.6 is 0 Å². The lowest BCUT2D eigenvalue weighted by Gasteiger charge is -2.37. The summed E-state index contributed by atoms with van der Waals surface area (Å²) < 4.78 is 0. The Kier molecular flexibility index (Phi) is 4.64. The van der Waals surface area contributed by atoms with Crippen molar-refractivity contribution in [3.63, 3.8) is 0 Å². The van der Waals surface area contributed by atoms with Crippen molar-refractivity contribution in [2.75, 3.05) is 6.54 Å². The van der Waals surface area contributed by atoms with E-state index in [2.05, 4.69) is 11.2 Å². The Balaban J connectivity index is 2.01. The average molecular weight is 208 g/mol. The highest BCUT2D eigenvalue weighted by atomic mass is 16.1. The van der Waals surface area contributed by atoms with Gasteiger partial charge in [-0.1, -0.05) is 0 Å². The van der Waals surface area contributed by atoms with Crippen molar-refractivity contribution >= 4 is 5.91 Å². The number of terminal acetylenes is 1. The normalized spacial score (nSPS) is 17.6. The molecule has 0 aromatic carbocycles. The van der Waals surface area contributed by atoms with E-state index in [1.807, 2.05) is 0 Å². The fourth-order valence-corrected chi connectivity index (χ4v) is 1.77. The lowest BCUT2D eigenvalue weighted by atomic mass is 9.75. The zero-order valence-electron chi connectivity index (χ0n) is 9.22. The van der Waals surface area contributed by atoms with Crippen molar-refractivity contribution in [3.8, 4) is 12.3 Å². The third-order valence-corrected chi connectivity index (χ3v) is 2.93. The van der Waals surface area contributed by atoms with Crippen LogP contribution in [0.1, 0.15) is 44.9 Å². The molecule has 3 heteroatoms. The second-order valence-electron chi connectivity index (χ2n) is 4.40. The molecule has 3 nitrogen and oxygen atoms in total. The number of hydrogen-bond donors (Lipinski definition) is 2. The van der Waals surface area contributed by atoms with E-state index >= 15 is 0 Å². The van der Waals surface area contributed by atoms with Crippen LogP contribution in [-0.2, 0) is 4.79 Å². The maximum absolute atomic E-state index is 11.5. The highest BCUT2D eigenvalue weighted by Gasteiger charge is 2.34. The van der Waals surface area contributed by atoms with Gasteiger partial charge in [-0.05, 0) is 32.1 Å². The molecule has 0 saturated heterocycles. The van der Waals surface area contributed by atoms with Crippen LogP contribution in [0.15, 0.2) is 0 Å². The van der Waals surface area contributed by atoms with Crippen LogP contribution in [-0.4, -0.2) is 18.0 Å². The van der Waals surface area contributed by atoms with E-state index in [1.165, 1.54) is 0 Å². The first-order valence-electron chi connectivity index (χ1n) is 5.65. The van der Waals surface area contributed by atoms with Gasteiger partial charge in [0.05, 0.1) is 0 Å². The quantitative estimate of drug-likeness (QED) is 0.508. The number of carbonyl (C=O) groups excluding carboxylic acids is 1. The molecular weight excluding hydrogens is 188 g/mol. The summed E-state index contributed by atoms with van der Waals surface area (Å²) in [5.74, 6) is 2.66. The lowest BCUT2D eigenvalue weighted by Crippen LogP contribution is -2.50. The van der Waals surface area contributed by atoms with E-state index in [4.69, 9.17) is 12.2 Å². The van der Waals surface area contributed by atoms with Gasteiger partial charge >= 0.3 is 0 Å². The molecule has 1 aliphatic rings. The molecule has 0 unspecified atom stereocenters. The van der Waals surface area contributed by atoms with Gasteiger partial charge in [0.1, 0.15) is 0 Å². The molecule has 0 aromatic heterocycles. The van der Waals surface area contributed by atoms with E-state index in [0.29, 0.717) is 6.42 Å². The minimum Gasteiger partial charge on any atom is -0.356 e. The molecule has 1 saturated carbocycles. The number of unbranched alkanes of at least 4 members (excludes halogenated alkanes) is 2. The second-order valence-corrected chi connectivity index (χ2v) is 4.40. The highest BCUT2D eigenvalue weighted by Crippen LogP contribution is 2.31. The molecule has 0 bridgehead atoms. The highest BCUT2D eigenvalue weighted by molar-refractivity contribution is 5.77. The van der Waals surface area contributed by atoms with Crippen LogP contribution in [0.2, 0.25) is 0 Å². The SMILES string of the molecule is C#CCCCCNC(=O)CC1(N)CCC1. The Morgan fingerprint density at radius 1 is 1.47 bits per heavy atom. The summed E-state index contributed by atoms with van der Waals surface area (Å²) in [5.41, 5.74) is 5.76. The molecule has 84 valence electrons. The van der Waals surface area contributed by atoms with E-state index in [9.17, 15) is 4.79 Å². The number of amides is 1. The largest absolute Gasteiger partial charge is 0.356 e. The van der Waals surface area contributed by atoms with Gasteiger partial charge in [0.25, 0.3) is 0 Å². The van der Waals surface area contributed by atoms with Crippen molar-refractivity contribution in [2.45, 2.75) is 50.5 Å². The van der Waals surface area contributed by atoms with Crippen LogP contribution in [0.4, 0.5) is 0 Å². The van der Waals surface area contributed by atoms with Gasteiger partial charge in [0.15, 0.2) is 0 Å². The maximum atomic E-state index is 11.5. The average Bonchev–Trinajstić information content (AvgIpc) is 2.15. The standard InChI is InChI=1S/C12H20N2O/c1-2-3-4-5-9-14-11(15)10-12(13)7-6-8-12/h1H,3-10,13H2,(H,14,15). The number of nitrogens with one attached hydrogen (secondary N) is 1. The molecule has 0 aliphatic heterocycles. The topological polar surface area (TPSA) is 55.1 Å². The fourth-order valence-electron chi connectivity index (χ4n) is 1.77.